The summed E-state index contributed by atoms with van der Waals surface area (Å²) in [5, 5.41) is 0. The summed E-state index contributed by atoms with van der Waals surface area (Å²) >= 11 is 0. The van der Waals surface area contributed by atoms with Crippen molar-refractivity contribution in [3.05, 3.63) is 83.2 Å². The third kappa shape index (κ3) is 5.23. The molecule has 1 saturated heterocycles. The molecule has 2 heterocycles. The molecule has 3 aromatic rings. The van der Waals surface area contributed by atoms with Gasteiger partial charge in [-0.05, 0) is 54.1 Å². The van der Waals surface area contributed by atoms with E-state index in [1.54, 1.807) is 35.2 Å². The Kier molecular flexibility index (Phi) is 6.49. The highest BCUT2D eigenvalue weighted by atomic mass is 19.4. The molecule has 0 atom stereocenters. The quantitative estimate of drug-likeness (QED) is 0.439. The van der Waals surface area contributed by atoms with E-state index in [-0.39, 0.29) is 29.6 Å². The Bertz CT molecular complexity index is 1350. The number of amides is 1. The normalized spacial score (nSPS) is 15.2. The van der Waals surface area contributed by atoms with Crippen molar-refractivity contribution in [2.24, 2.45) is 4.99 Å². The minimum absolute atomic E-state index is 0.0646. The van der Waals surface area contributed by atoms with Crippen LogP contribution in [-0.2, 0) is 17.4 Å². The number of halogens is 4. The van der Waals surface area contributed by atoms with E-state index in [0.717, 1.165) is 17.7 Å². The number of methoxy groups -OCH3 is 1. The maximum Gasteiger partial charge on any atom is 0.416 e. The van der Waals surface area contributed by atoms with Crippen LogP contribution in [0.1, 0.15) is 16.7 Å². The molecule has 0 saturated carbocycles. The van der Waals surface area contributed by atoms with Crippen molar-refractivity contribution in [2.45, 2.75) is 12.6 Å². The Labute approximate surface area is 210 Å². The molecule has 0 aromatic heterocycles. The zero-order chi connectivity index (χ0) is 26.2. The minimum atomic E-state index is -4.52. The predicted molar refractivity (Wildman–Crippen MR) is 129 cm³/mol. The van der Waals surface area contributed by atoms with Crippen LogP contribution in [0, 0.1) is 5.82 Å². The van der Waals surface area contributed by atoms with Crippen LogP contribution in [0.2, 0.25) is 0 Å². The molecule has 192 valence electrons. The van der Waals surface area contributed by atoms with E-state index in [1.165, 1.54) is 25.3 Å². The van der Waals surface area contributed by atoms with E-state index >= 15 is 0 Å². The number of carbonyl (C=O) groups is 1. The van der Waals surface area contributed by atoms with Crippen LogP contribution in [0.5, 0.6) is 17.2 Å². The Balaban J connectivity index is 1.42. The Morgan fingerprint density at radius 2 is 1.68 bits per heavy atom. The lowest BCUT2D eigenvalue weighted by Crippen LogP contribution is -2.51. The topological polar surface area (TPSA) is 54.4 Å². The van der Waals surface area contributed by atoms with Gasteiger partial charge in [0.15, 0.2) is 5.75 Å². The molecule has 2 aliphatic heterocycles. The van der Waals surface area contributed by atoms with Gasteiger partial charge < -0.3 is 19.3 Å². The Morgan fingerprint density at radius 1 is 0.973 bits per heavy atom. The number of amidine groups is 1. The number of hydrogen-bond acceptors (Lipinski definition) is 5. The van der Waals surface area contributed by atoms with E-state index in [1.807, 2.05) is 4.90 Å². The van der Waals surface area contributed by atoms with Gasteiger partial charge >= 0.3 is 6.18 Å². The van der Waals surface area contributed by atoms with Gasteiger partial charge in [0, 0.05) is 26.2 Å². The van der Waals surface area contributed by atoms with Crippen LogP contribution in [0.4, 0.5) is 23.2 Å². The molecule has 2 aliphatic rings. The highest BCUT2D eigenvalue weighted by Gasteiger charge is 2.33. The fourth-order valence-corrected chi connectivity index (χ4v) is 4.36. The number of alkyl halides is 3. The predicted octanol–water partition coefficient (Wildman–Crippen LogP) is 5.42. The molecule has 0 radical (unpaired) electrons. The van der Waals surface area contributed by atoms with Gasteiger partial charge in [-0.3, -0.25) is 4.79 Å². The van der Waals surface area contributed by atoms with Crippen molar-refractivity contribution in [1.29, 1.82) is 0 Å². The van der Waals surface area contributed by atoms with Gasteiger partial charge in [-0.15, -0.1) is 0 Å². The summed E-state index contributed by atoms with van der Waals surface area (Å²) in [7, 11) is 1.52. The lowest BCUT2D eigenvalue weighted by molar-refractivity contribution is -0.137. The van der Waals surface area contributed by atoms with Gasteiger partial charge in [0.1, 0.15) is 28.8 Å². The number of benzene rings is 3. The van der Waals surface area contributed by atoms with E-state index in [9.17, 15) is 22.4 Å². The average Bonchev–Trinajstić information content (AvgIpc) is 3.05. The summed E-state index contributed by atoms with van der Waals surface area (Å²) in [5.74, 6) is 1.19. The molecule has 1 amide bonds. The molecule has 37 heavy (non-hydrogen) atoms. The molecule has 10 heteroatoms. The van der Waals surface area contributed by atoms with Crippen LogP contribution in [0.15, 0.2) is 65.7 Å². The standard InChI is InChI=1S/C27H23F4N3O3/c1-36-20-7-9-23-21(16-20)26(32-22-15-18(27(29,30)31)4-8-24(22)37-23)34-12-10-33(11-13-34)25(35)14-17-2-5-19(28)6-3-17/h2-9,15-16H,10-14H2,1H3. The van der Waals surface area contributed by atoms with Crippen molar-refractivity contribution < 1.29 is 31.8 Å². The van der Waals surface area contributed by atoms with Gasteiger partial charge in [-0.1, -0.05) is 12.1 Å². The molecule has 1 fully saturated rings. The summed E-state index contributed by atoms with van der Waals surface area (Å²) in [5.41, 5.74) is 0.542. The molecular weight excluding hydrogens is 490 g/mol. The Hall–Kier alpha value is -4.08. The molecular formula is C27H23F4N3O3. The van der Waals surface area contributed by atoms with Gasteiger partial charge in [0.05, 0.1) is 24.7 Å². The summed E-state index contributed by atoms with van der Waals surface area (Å²) in [6.45, 7) is 1.63. The first kappa shape index (κ1) is 24.6. The first-order valence-corrected chi connectivity index (χ1v) is 11.6. The Morgan fingerprint density at radius 3 is 2.35 bits per heavy atom. The van der Waals surface area contributed by atoms with Crippen molar-refractivity contribution in [2.75, 3.05) is 33.3 Å². The van der Waals surface area contributed by atoms with Crippen LogP contribution >= 0.6 is 0 Å². The maximum atomic E-state index is 13.4. The molecule has 6 nitrogen and oxygen atoms in total. The number of ether oxygens (including phenoxy) is 2. The summed E-state index contributed by atoms with van der Waals surface area (Å²) in [6, 6.07) is 14.1. The van der Waals surface area contributed by atoms with Crippen molar-refractivity contribution in [3.8, 4) is 17.2 Å². The molecule has 5 rings (SSSR count). The number of aliphatic imine (C=N–C) groups is 1. The van der Waals surface area contributed by atoms with Crippen LogP contribution < -0.4 is 9.47 Å². The minimum Gasteiger partial charge on any atom is -0.497 e. The largest absolute Gasteiger partial charge is 0.497 e. The van der Waals surface area contributed by atoms with Gasteiger partial charge in [0.25, 0.3) is 0 Å². The van der Waals surface area contributed by atoms with Crippen LogP contribution in [0.3, 0.4) is 0 Å². The van der Waals surface area contributed by atoms with Crippen molar-refractivity contribution >= 4 is 17.4 Å². The van der Waals surface area contributed by atoms with Crippen molar-refractivity contribution in [3.63, 3.8) is 0 Å². The average molecular weight is 513 g/mol. The van der Waals surface area contributed by atoms with E-state index < -0.39 is 11.7 Å². The molecule has 0 unspecified atom stereocenters. The van der Waals surface area contributed by atoms with Crippen LogP contribution in [-0.4, -0.2) is 54.8 Å². The van der Waals surface area contributed by atoms with Crippen LogP contribution in [0.25, 0.3) is 0 Å². The molecule has 0 bridgehead atoms. The lowest BCUT2D eigenvalue weighted by Gasteiger charge is -2.36. The van der Waals surface area contributed by atoms with E-state index in [0.29, 0.717) is 49.1 Å². The number of rotatable bonds is 3. The third-order valence-corrected chi connectivity index (χ3v) is 6.36. The summed E-state index contributed by atoms with van der Waals surface area (Å²) in [6.07, 6.45) is -4.37. The second kappa shape index (κ2) is 9.76. The number of nitrogens with zero attached hydrogens (tertiary/aromatic N) is 3. The van der Waals surface area contributed by atoms with E-state index in [4.69, 9.17) is 9.47 Å². The second-order valence-electron chi connectivity index (χ2n) is 8.75. The number of piperazine rings is 1. The first-order valence-electron chi connectivity index (χ1n) is 11.6. The van der Waals surface area contributed by atoms with Gasteiger partial charge in [0.2, 0.25) is 5.91 Å². The number of hydrogen-bond donors (Lipinski definition) is 0. The molecule has 0 aliphatic carbocycles. The zero-order valence-corrected chi connectivity index (χ0v) is 19.9. The molecule has 0 N–H and O–H groups in total. The monoisotopic (exact) mass is 513 g/mol. The molecule has 3 aromatic carbocycles. The number of fused-ring (bicyclic) bond motifs is 2. The maximum absolute atomic E-state index is 13.4. The van der Waals surface area contributed by atoms with Gasteiger partial charge in [-0.25, -0.2) is 9.38 Å². The lowest BCUT2D eigenvalue weighted by atomic mass is 10.1. The van der Waals surface area contributed by atoms with E-state index in [2.05, 4.69) is 4.99 Å². The van der Waals surface area contributed by atoms with Crippen molar-refractivity contribution in [1.82, 2.24) is 9.80 Å². The molecule has 0 spiro atoms. The fraction of sp³-hybridized carbons (Fsp3) is 0.259. The summed E-state index contributed by atoms with van der Waals surface area (Å²) in [4.78, 5) is 21.1. The smallest absolute Gasteiger partial charge is 0.416 e. The SMILES string of the molecule is COc1ccc2c(c1)C(N1CCN(C(=O)Cc3ccc(F)cc3)CC1)=Nc1cc(C(F)(F)F)ccc1O2. The zero-order valence-electron chi connectivity index (χ0n) is 19.9. The summed E-state index contributed by atoms with van der Waals surface area (Å²) < 4.78 is 64.7. The second-order valence-corrected chi connectivity index (χ2v) is 8.75. The fourth-order valence-electron chi connectivity index (χ4n) is 4.36. The highest BCUT2D eigenvalue weighted by Crippen LogP contribution is 2.42. The van der Waals surface area contributed by atoms with Gasteiger partial charge in [-0.2, -0.15) is 13.2 Å². The number of carbonyl (C=O) groups excluding carboxylic acids is 1. The first-order chi connectivity index (χ1) is 17.7. The highest BCUT2D eigenvalue weighted by molar-refractivity contribution is 6.04. The third-order valence-electron chi connectivity index (χ3n) is 6.36.